The lowest BCUT2D eigenvalue weighted by Gasteiger charge is -2.08. The van der Waals surface area contributed by atoms with Crippen LogP contribution in [-0.2, 0) is 9.47 Å². The van der Waals surface area contributed by atoms with E-state index in [2.05, 4.69) is 13.0 Å². The number of carbonyl (C=O) groups is 2. The van der Waals surface area contributed by atoms with Crippen LogP contribution in [-0.4, -0.2) is 25.2 Å². The van der Waals surface area contributed by atoms with Gasteiger partial charge in [0.25, 0.3) is 0 Å². The quantitative estimate of drug-likeness (QED) is 0.243. The summed E-state index contributed by atoms with van der Waals surface area (Å²) >= 11 is 0. The van der Waals surface area contributed by atoms with Gasteiger partial charge in [-0.2, -0.15) is 0 Å². The fourth-order valence-electron chi connectivity index (χ4n) is 2.53. The molecule has 4 nitrogen and oxygen atoms in total. The zero-order chi connectivity index (χ0) is 19.9. The van der Waals surface area contributed by atoms with Crippen molar-refractivity contribution in [3.63, 3.8) is 0 Å². The summed E-state index contributed by atoms with van der Waals surface area (Å²) in [5.74, 6) is -0.583. The number of ether oxygens (including phenoxy) is 2. The lowest BCUT2D eigenvalue weighted by molar-refractivity contribution is 0.0459. The molecule has 0 unspecified atom stereocenters. The molecule has 1 rings (SSSR count). The van der Waals surface area contributed by atoms with Gasteiger partial charge in [-0.1, -0.05) is 71.1 Å². The molecule has 150 valence electrons. The number of hydrogen-bond acceptors (Lipinski definition) is 4. The zero-order valence-electron chi connectivity index (χ0n) is 17.0. The third-order valence-corrected chi connectivity index (χ3v) is 4.08. The maximum absolute atomic E-state index is 12.1. The van der Waals surface area contributed by atoms with Gasteiger partial charge in [-0.15, -0.1) is 0 Å². The minimum Gasteiger partial charge on any atom is -0.462 e. The van der Waals surface area contributed by atoms with E-state index >= 15 is 0 Å². The molecular formula is C23H34O4. The van der Waals surface area contributed by atoms with Gasteiger partial charge in [0.1, 0.15) is 6.61 Å². The third-order valence-electron chi connectivity index (χ3n) is 4.08. The van der Waals surface area contributed by atoms with Gasteiger partial charge in [0, 0.05) is 0 Å². The lowest BCUT2D eigenvalue weighted by atomic mass is 10.1. The molecule has 27 heavy (non-hydrogen) atoms. The van der Waals surface area contributed by atoms with Crippen LogP contribution in [0.5, 0.6) is 0 Å². The molecule has 0 amide bonds. The molecule has 0 heterocycles. The van der Waals surface area contributed by atoms with Gasteiger partial charge in [-0.05, 0) is 37.0 Å². The summed E-state index contributed by atoms with van der Waals surface area (Å²) in [6, 6.07) is 6.46. The van der Waals surface area contributed by atoms with Crippen LogP contribution in [0.15, 0.2) is 36.4 Å². The van der Waals surface area contributed by atoms with E-state index in [9.17, 15) is 9.59 Å². The number of benzene rings is 1. The standard InChI is InChI=1S/C23H34O4/c1-4-5-6-7-8-9-10-11-12-16-26-22(24)20-14-13-15-21(17-20)23(25)27-18-19(2)3/h11-15,17,19H,4-10,16,18H2,1-3H3/b12-11+. The van der Waals surface area contributed by atoms with Crippen molar-refractivity contribution < 1.29 is 19.1 Å². The van der Waals surface area contributed by atoms with Gasteiger partial charge in [0.2, 0.25) is 0 Å². The summed E-state index contributed by atoms with van der Waals surface area (Å²) in [5, 5.41) is 0. The van der Waals surface area contributed by atoms with Gasteiger partial charge < -0.3 is 9.47 Å². The summed E-state index contributed by atoms with van der Waals surface area (Å²) in [6.07, 6.45) is 12.6. The van der Waals surface area contributed by atoms with Gasteiger partial charge in [0.05, 0.1) is 17.7 Å². The maximum atomic E-state index is 12.1. The molecule has 0 aromatic heterocycles. The molecule has 0 radical (unpaired) electrons. The molecule has 0 aliphatic carbocycles. The number of carbonyl (C=O) groups excluding carboxylic acids is 2. The number of allylic oxidation sites excluding steroid dienone is 1. The summed E-state index contributed by atoms with van der Waals surface area (Å²) in [5.41, 5.74) is 0.724. The van der Waals surface area contributed by atoms with E-state index in [0.29, 0.717) is 17.7 Å². The van der Waals surface area contributed by atoms with Crippen LogP contribution in [0.3, 0.4) is 0 Å². The fourth-order valence-corrected chi connectivity index (χ4v) is 2.53. The second-order valence-corrected chi connectivity index (χ2v) is 7.20. The van der Waals surface area contributed by atoms with Gasteiger partial charge in [-0.25, -0.2) is 9.59 Å². The fraction of sp³-hybridized carbons (Fsp3) is 0.565. The van der Waals surface area contributed by atoms with Crippen molar-refractivity contribution in [2.75, 3.05) is 13.2 Å². The zero-order valence-corrected chi connectivity index (χ0v) is 17.0. The van der Waals surface area contributed by atoms with E-state index in [1.807, 2.05) is 19.9 Å². The van der Waals surface area contributed by atoms with Crippen molar-refractivity contribution in [3.05, 3.63) is 47.5 Å². The molecule has 1 aromatic carbocycles. The Morgan fingerprint density at radius 1 is 0.926 bits per heavy atom. The lowest BCUT2D eigenvalue weighted by Crippen LogP contribution is -2.12. The third kappa shape index (κ3) is 10.6. The largest absolute Gasteiger partial charge is 0.462 e. The first-order valence-corrected chi connectivity index (χ1v) is 10.1. The van der Waals surface area contributed by atoms with Gasteiger partial charge in [0.15, 0.2) is 0 Å². The second kappa shape index (κ2) is 14.0. The molecule has 0 N–H and O–H groups in total. The Balaban J connectivity index is 2.31. The van der Waals surface area contributed by atoms with Gasteiger partial charge in [-0.3, -0.25) is 0 Å². The number of unbranched alkanes of at least 4 members (excludes halogenated alkanes) is 6. The normalized spacial score (nSPS) is 11.1. The van der Waals surface area contributed by atoms with Crippen molar-refractivity contribution in [1.29, 1.82) is 0 Å². The van der Waals surface area contributed by atoms with Crippen molar-refractivity contribution in [1.82, 2.24) is 0 Å². The first-order valence-electron chi connectivity index (χ1n) is 10.1. The number of hydrogen-bond donors (Lipinski definition) is 0. The average molecular weight is 375 g/mol. The molecule has 0 spiro atoms. The van der Waals surface area contributed by atoms with Crippen LogP contribution in [0, 0.1) is 5.92 Å². The van der Waals surface area contributed by atoms with Crippen molar-refractivity contribution in [2.24, 2.45) is 5.92 Å². The monoisotopic (exact) mass is 374 g/mol. The van der Waals surface area contributed by atoms with E-state index in [-0.39, 0.29) is 12.5 Å². The Kier molecular flexibility index (Phi) is 11.9. The molecular weight excluding hydrogens is 340 g/mol. The highest BCUT2D eigenvalue weighted by atomic mass is 16.5. The van der Waals surface area contributed by atoms with Crippen molar-refractivity contribution >= 4 is 11.9 Å². The Morgan fingerprint density at radius 3 is 2.22 bits per heavy atom. The molecule has 4 heteroatoms. The van der Waals surface area contributed by atoms with E-state index < -0.39 is 11.9 Å². The molecule has 0 saturated carbocycles. The molecule has 0 aliphatic heterocycles. The van der Waals surface area contributed by atoms with E-state index in [4.69, 9.17) is 9.47 Å². The van der Waals surface area contributed by atoms with Crippen molar-refractivity contribution in [3.8, 4) is 0 Å². The Labute approximate surface area is 163 Å². The summed E-state index contributed by atoms with van der Waals surface area (Å²) in [7, 11) is 0. The maximum Gasteiger partial charge on any atom is 0.338 e. The van der Waals surface area contributed by atoms with E-state index in [0.717, 1.165) is 6.42 Å². The second-order valence-electron chi connectivity index (χ2n) is 7.20. The molecule has 1 aromatic rings. The summed E-state index contributed by atoms with van der Waals surface area (Å²) in [6.45, 7) is 6.77. The first kappa shape index (κ1) is 22.9. The summed E-state index contributed by atoms with van der Waals surface area (Å²) < 4.78 is 10.4. The van der Waals surface area contributed by atoms with Crippen LogP contribution in [0.4, 0.5) is 0 Å². The van der Waals surface area contributed by atoms with Crippen molar-refractivity contribution in [2.45, 2.75) is 65.7 Å². The number of esters is 2. The highest BCUT2D eigenvalue weighted by Crippen LogP contribution is 2.10. The van der Waals surface area contributed by atoms with Crippen LogP contribution < -0.4 is 0 Å². The van der Waals surface area contributed by atoms with Crippen LogP contribution in [0.2, 0.25) is 0 Å². The van der Waals surface area contributed by atoms with E-state index in [1.165, 1.54) is 44.6 Å². The Morgan fingerprint density at radius 2 is 1.56 bits per heavy atom. The van der Waals surface area contributed by atoms with E-state index in [1.54, 1.807) is 18.2 Å². The molecule has 0 fully saturated rings. The smallest absolute Gasteiger partial charge is 0.338 e. The predicted octanol–water partition coefficient (Wildman–Crippen LogP) is 5.96. The van der Waals surface area contributed by atoms with Crippen LogP contribution in [0.25, 0.3) is 0 Å². The highest BCUT2D eigenvalue weighted by Gasteiger charge is 2.12. The SMILES string of the molecule is CCCCCCCC/C=C/COC(=O)c1cccc(C(=O)OCC(C)C)c1. The Bertz CT molecular complexity index is 590. The summed E-state index contributed by atoms with van der Waals surface area (Å²) in [4.78, 5) is 24.1. The minimum atomic E-state index is -0.433. The minimum absolute atomic E-state index is 0.247. The molecule has 0 aliphatic rings. The molecule has 0 saturated heterocycles. The first-order chi connectivity index (χ1) is 13.0. The highest BCUT2D eigenvalue weighted by molar-refractivity contribution is 5.95. The Hall–Kier alpha value is -2.10. The van der Waals surface area contributed by atoms with Crippen LogP contribution in [0.1, 0.15) is 86.4 Å². The number of rotatable bonds is 13. The molecule has 0 atom stereocenters. The average Bonchev–Trinajstić information content (AvgIpc) is 2.67. The van der Waals surface area contributed by atoms with Crippen LogP contribution >= 0.6 is 0 Å². The topological polar surface area (TPSA) is 52.6 Å². The van der Waals surface area contributed by atoms with Gasteiger partial charge >= 0.3 is 11.9 Å². The predicted molar refractivity (Wildman–Crippen MR) is 109 cm³/mol. The molecule has 0 bridgehead atoms.